The number of hydrogen-bond acceptors (Lipinski definition) is 5. The maximum atomic E-state index is 6.46. The summed E-state index contributed by atoms with van der Waals surface area (Å²) in [6.45, 7) is 27.2. The molecule has 0 radical (unpaired) electrons. The zero-order valence-corrected chi connectivity index (χ0v) is 74.4. The van der Waals surface area contributed by atoms with Gasteiger partial charge >= 0.3 is 5.82 Å². The Labute approximate surface area is 751 Å². The van der Waals surface area contributed by atoms with Gasteiger partial charge in [0, 0.05) is 71.6 Å². The fourth-order valence-electron chi connectivity index (χ4n) is 17.4. The van der Waals surface area contributed by atoms with Crippen LogP contribution in [0.5, 0.6) is 5.88 Å². The predicted molar refractivity (Wildman–Crippen MR) is 544 cm³/mol. The molecule has 652 valence electrons. The molecular formula is C110H136N13OP2+5. The van der Waals surface area contributed by atoms with Crippen molar-refractivity contribution in [3.63, 3.8) is 0 Å². The van der Waals surface area contributed by atoms with Crippen LogP contribution in [0.1, 0.15) is 163 Å². The van der Waals surface area contributed by atoms with E-state index in [-0.39, 0.29) is 44.6 Å². The van der Waals surface area contributed by atoms with Crippen LogP contribution in [-0.2, 0) is 48.4 Å². The largest absolute Gasteiger partial charge is 0.332 e. The van der Waals surface area contributed by atoms with Gasteiger partial charge in [-0.15, -0.1) is 0 Å². The molecule has 8 aromatic heterocycles. The Hall–Kier alpha value is -12.5. The van der Waals surface area contributed by atoms with E-state index < -0.39 is 14.8 Å². The van der Waals surface area contributed by atoms with Gasteiger partial charge in [0.15, 0.2) is 16.7 Å². The Morgan fingerprint density at radius 2 is 0.817 bits per heavy atom. The number of aryl methyl sites for hydroxylation is 8. The Balaban J connectivity index is 0.000000177. The summed E-state index contributed by atoms with van der Waals surface area (Å²) < 4.78 is 25.9. The van der Waals surface area contributed by atoms with Crippen LogP contribution in [-0.4, -0.2) is 61.0 Å². The first-order valence-electron chi connectivity index (χ1n) is 41.8. The minimum Gasteiger partial charge on any atom is -0.321 e. The van der Waals surface area contributed by atoms with Crippen LogP contribution >= 0.6 is 14.8 Å². The molecule has 8 heterocycles. The number of para-hydroxylation sites is 5. The van der Waals surface area contributed by atoms with E-state index in [2.05, 4.69) is 423 Å². The monoisotopic (exact) mass is 1720 g/mol. The van der Waals surface area contributed by atoms with Crippen LogP contribution < -0.4 is 39.4 Å². The smallest absolute Gasteiger partial charge is 0.321 e. The molecular weight excluding hydrogens is 1580 g/mol. The summed E-state index contributed by atoms with van der Waals surface area (Å²) >= 11 is 0. The number of rotatable bonds is 15. The van der Waals surface area contributed by atoms with Gasteiger partial charge in [-0.1, -0.05) is 294 Å². The minimum absolute atomic E-state index is 0. The molecule has 0 aliphatic heterocycles. The first-order valence-corrected chi connectivity index (χ1v) is 46.3. The maximum Gasteiger partial charge on any atom is 0.332 e. The number of nitrogens with zero attached hydrogens (tertiary/aromatic N) is 13. The van der Waals surface area contributed by atoms with Gasteiger partial charge in [0.25, 0.3) is 24.7 Å². The molecule has 0 saturated carbocycles. The van der Waals surface area contributed by atoms with Crippen molar-refractivity contribution < 1.29 is 18.2 Å². The van der Waals surface area contributed by atoms with Crippen molar-refractivity contribution in [1.29, 1.82) is 0 Å². The van der Waals surface area contributed by atoms with E-state index in [0.717, 1.165) is 23.7 Å². The SMILES string of the molecule is C.C.C.C.C.C.CC(C)c1cccc(C(C)C)c1-n1cc[n+](C)c1-c1ncnn1C.Cc1cccc2c3ccccc3n3c(-c4c(C(C)C)cccc4C(C)C)c[n+](C)c3c12.Cc1cccc2c3ccccc3n3c4ccccc4[n+](C)c3c12.Cn1nccc1C[P+](C)(c1ccccc1)c1ccccc1.Cn1nccc1O[P+](C)(c1ccccc1)c1ccccc1. The molecule has 14 nitrogen and oxygen atoms in total. The predicted octanol–water partition coefficient (Wildman–Crippen LogP) is 25.2. The average molecular weight is 1720 g/mol. The fraction of sp³-hybridized carbons (Fsp3) is 0.264. The molecule has 19 aromatic rings. The highest BCUT2D eigenvalue weighted by Gasteiger charge is 2.43. The van der Waals surface area contributed by atoms with Crippen molar-refractivity contribution in [2.45, 2.75) is 144 Å². The average Bonchev–Trinajstić information content (AvgIpc) is 1.52. The van der Waals surface area contributed by atoms with E-state index in [1.54, 1.807) is 17.2 Å². The Morgan fingerprint density at radius 1 is 0.397 bits per heavy atom. The molecule has 0 saturated heterocycles. The number of hydrogen-bond donors (Lipinski definition) is 0. The third-order valence-electron chi connectivity index (χ3n) is 23.7. The van der Waals surface area contributed by atoms with Gasteiger partial charge in [-0.25, -0.2) is 28.0 Å². The lowest BCUT2D eigenvalue weighted by Gasteiger charge is -2.23. The number of aromatic nitrogens is 13. The van der Waals surface area contributed by atoms with E-state index in [9.17, 15) is 0 Å². The molecule has 0 bridgehead atoms. The summed E-state index contributed by atoms with van der Waals surface area (Å²) in [6, 6.07) is 99.5. The van der Waals surface area contributed by atoms with Crippen molar-refractivity contribution in [3.05, 3.63) is 355 Å². The molecule has 16 heteroatoms. The lowest BCUT2D eigenvalue weighted by Crippen LogP contribution is -2.30. The van der Waals surface area contributed by atoms with E-state index in [1.165, 1.54) is 143 Å². The zero-order valence-electron chi connectivity index (χ0n) is 72.7. The van der Waals surface area contributed by atoms with E-state index >= 15 is 0 Å². The van der Waals surface area contributed by atoms with Crippen molar-refractivity contribution in [1.82, 2.24) is 47.7 Å². The summed E-state index contributed by atoms with van der Waals surface area (Å²) in [5, 5.41) is 26.0. The van der Waals surface area contributed by atoms with Crippen molar-refractivity contribution in [3.8, 4) is 34.5 Å². The van der Waals surface area contributed by atoms with Crippen LogP contribution in [0.2, 0.25) is 0 Å². The number of fused-ring (bicyclic) bond motifs is 14. The standard InChI is InChI=1S/C29H31N2.C21H17N2.C19H26N5.C18H20N2P.C17H18N2OP.6CH4/c1-18(2)21-13-10-14-22(19(3)4)28(21)26-17-30(6)29-27-20(5)11-9-15-24(27)23-12-7-8-16-25(23)31(26)29;1-14-8-7-10-16-15-9-3-4-11-17(15)23-19-13-6-5-12-18(19)22(2)21(23)20(14)16;1-13(2)15-8-7-9-16(14(3)4)17(15)24-11-10-22(5)19(24)18-20-12-21-23(18)6;1-20-16(13-14-19-20)15-21(2,17-9-5-3-6-10-17)18-11-7-4-8-12-18;1-19-17(13-14-18-19)20-21(2,15-9-5-3-6-10-15)16-11-7-4-8-12-16;;;;;;/h7-19H,1-6H3;3-13H,1-2H3;7-14H,1-6H3;3-14H,15H2,1-2H3;3-14H,1-2H3;6*1H4/q5*+1;;;;;;. The first-order chi connectivity index (χ1) is 58.0. The molecule has 126 heavy (non-hydrogen) atoms. The van der Waals surface area contributed by atoms with E-state index in [4.69, 9.17) is 4.52 Å². The van der Waals surface area contributed by atoms with Gasteiger partial charge in [-0.05, 0) is 139 Å². The molecule has 0 aliphatic rings. The first kappa shape index (κ1) is 97.3. The molecule has 11 aromatic carbocycles. The minimum atomic E-state index is -1.95. The number of pyridine rings is 2. The highest BCUT2D eigenvalue weighted by Crippen LogP contribution is 2.56. The fourth-order valence-corrected chi connectivity index (χ4v) is 23.2. The lowest BCUT2D eigenvalue weighted by molar-refractivity contribution is -0.659. The van der Waals surface area contributed by atoms with Crippen LogP contribution in [0, 0.1) is 13.8 Å². The van der Waals surface area contributed by atoms with E-state index in [0.29, 0.717) is 23.7 Å². The van der Waals surface area contributed by atoms with Gasteiger partial charge in [0.05, 0.1) is 75.0 Å². The van der Waals surface area contributed by atoms with E-state index in [1.807, 2.05) is 62.0 Å². The van der Waals surface area contributed by atoms with Gasteiger partial charge in [0.2, 0.25) is 5.82 Å². The third kappa shape index (κ3) is 18.8. The quantitative estimate of drug-likeness (QED) is 0.0578. The number of imidazole rings is 3. The Bertz CT molecular complexity index is 6570. The molecule has 0 amide bonds. The van der Waals surface area contributed by atoms with Gasteiger partial charge < -0.3 is 4.52 Å². The highest BCUT2D eigenvalue weighted by atomic mass is 31.2. The van der Waals surface area contributed by atoms with Crippen LogP contribution in [0.4, 0.5) is 0 Å². The maximum absolute atomic E-state index is 6.46. The van der Waals surface area contributed by atoms with Crippen LogP contribution in [0.25, 0.3) is 94.3 Å². The second-order valence-corrected chi connectivity index (χ2v) is 39.8. The summed E-state index contributed by atoms with van der Waals surface area (Å²) in [5.41, 5.74) is 20.9. The Kier molecular flexibility index (Phi) is 32.1. The van der Waals surface area contributed by atoms with Gasteiger partial charge in [0.1, 0.15) is 58.4 Å². The van der Waals surface area contributed by atoms with Gasteiger partial charge in [-0.2, -0.15) is 28.7 Å². The molecule has 0 N–H and O–H groups in total. The summed E-state index contributed by atoms with van der Waals surface area (Å²) in [4.78, 5) is 4.46. The molecule has 0 aliphatic carbocycles. The van der Waals surface area contributed by atoms with Crippen molar-refractivity contribution in [2.24, 2.45) is 42.3 Å². The number of benzene rings is 11. The molecule has 0 fully saturated rings. The van der Waals surface area contributed by atoms with Crippen LogP contribution in [0.3, 0.4) is 0 Å². The van der Waals surface area contributed by atoms with Crippen molar-refractivity contribution >= 4 is 102 Å². The molecule has 0 spiro atoms. The van der Waals surface area contributed by atoms with Crippen molar-refractivity contribution in [2.75, 3.05) is 13.3 Å². The summed E-state index contributed by atoms with van der Waals surface area (Å²) in [6.07, 6.45) is 12.8. The zero-order chi connectivity index (χ0) is 84.3. The Morgan fingerprint density at radius 3 is 1.28 bits per heavy atom. The normalized spacial score (nSPS) is 11.2. The van der Waals surface area contributed by atoms with Gasteiger partial charge in [-0.3, -0.25) is 4.68 Å². The van der Waals surface area contributed by atoms with Crippen LogP contribution in [0.15, 0.2) is 316 Å². The molecule has 0 atom stereocenters. The summed E-state index contributed by atoms with van der Waals surface area (Å²) in [5.74, 6) is 4.48. The topological polar surface area (TPSA) is 101 Å². The second kappa shape index (κ2) is 41.6. The lowest BCUT2D eigenvalue weighted by atomic mass is 9.87. The highest BCUT2D eigenvalue weighted by molar-refractivity contribution is 7.88. The molecule has 0 unspecified atom stereocenters. The second-order valence-electron chi connectivity index (χ2n) is 33.0. The third-order valence-corrected chi connectivity index (χ3v) is 30.7. The molecule has 19 rings (SSSR count). The summed E-state index contributed by atoms with van der Waals surface area (Å²) in [7, 11) is 8.85.